The molecule has 1 atom stereocenters. The number of nitrogens with zero attached hydrogens (tertiary/aromatic N) is 3. The zero-order valence-electron chi connectivity index (χ0n) is 35.8. The van der Waals surface area contributed by atoms with Gasteiger partial charge in [0.1, 0.15) is 11.2 Å². The van der Waals surface area contributed by atoms with E-state index in [9.17, 15) is 0 Å². The molecule has 308 valence electrons. The standard InChI is InChI=1S/C62H39N3O/c1-3-12-45(13-4-1)60-63-61(46-14-5-2-6-15-46)65-62(64-60)53-20-11-21-56-59(53)52-35-34-49(38-57(52)66-56)43-28-26-41(27-29-43)39-22-24-40(25-23-39)42-30-32-44(33-31-42)58-51-19-10-9-18-50(51)54-36-47-16-7-8-17-48(47)37-55(54)58/h1-38,58H. The van der Waals surface area contributed by atoms with Crippen molar-refractivity contribution in [2.45, 2.75) is 5.92 Å². The van der Waals surface area contributed by atoms with E-state index in [-0.39, 0.29) is 5.92 Å². The zero-order chi connectivity index (χ0) is 43.6. The van der Waals surface area contributed by atoms with Gasteiger partial charge in [0.15, 0.2) is 17.5 Å². The number of rotatable bonds is 7. The lowest BCUT2D eigenvalue weighted by atomic mass is 9.87. The summed E-state index contributed by atoms with van der Waals surface area (Å²) in [5.41, 5.74) is 18.1. The average Bonchev–Trinajstić information content (AvgIpc) is 3.93. The summed E-state index contributed by atoms with van der Waals surface area (Å²) in [5.74, 6) is 2.07. The number of aromatic nitrogens is 3. The minimum Gasteiger partial charge on any atom is -0.456 e. The summed E-state index contributed by atoms with van der Waals surface area (Å²) in [5, 5.41) is 4.57. The molecule has 2 aromatic heterocycles. The second-order valence-corrected chi connectivity index (χ2v) is 17.1. The maximum Gasteiger partial charge on any atom is 0.164 e. The SMILES string of the molecule is c1ccc(-c2nc(-c3ccccc3)nc(-c3cccc4oc5cc(-c6ccc(-c7ccc(-c8ccc(C9c%10ccccc%10-c%10cc%11ccccc%11cc%109)cc8)cc7)cc6)ccc5c34)n2)cc1. The van der Waals surface area contributed by atoms with Crippen LogP contribution in [0.15, 0.2) is 235 Å². The maximum absolute atomic E-state index is 6.55. The van der Waals surface area contributed by atoms with Crippen molar-refractivity contribution in [3.63, 3.8) is 0 Å². The van der Waals surface area contributed by atoms with Gasteiger partial charge in [-0.2, -0.15) is 0 Å². The van der Waals surface area contributed by atoms with E-state index >= 15 is 0 Å². The van der Waals surface area contributed by atoms with Gasteiger partial charge in [-0.15, -0.1) is 0 Å². The van der Waals surface area contributed by atoms with Gasteiger partial charge in [-0.05, 0) is 102 Å². The van der Waals surface area contributed by atoms with Crippen LogP contribution in [0.3, 0.4) is 0 Å². The van der Waals surface area contributed by atoms with Crippen molar-refractivity contribution in [1.82, 2.24) is 15.0 Å². The van der Waals surface area contributed by atoms with Gasteiger partial charge in [0.2, 0.25) is 0 Å². The van der Waals surface area contributed by atoms with Crippen LogP contribution in [-0.4, -0.2) is 15.0 Å². The van der Waals surface area contributed by atoms with E-state index in [0.717, 1.165) is 49.8 Å². The summed E-state index contributed by atoms with van der Waals surface area (Å²) in [4.78, 5) is 15.0. The first kappa shape index (κ1) is 37.8. The monoisotopic (exact) mass is 841 g/mol. The minimum absolute atomic E-state index is 0.213. The Bertz CT molecular complexity index is 3730. The first-order valence-corrected chi connectivity index (χ1v) is 22.4. The molecule has 4 heteroatoms. The van der Waals surface area contributed by atoms with Gasteiger partial charge in [0.05, 0.1) is 0 Å². The summed E-state index contributed by atoms with van der Waals surface area (Å²) in [6, 6.07) is 81.9. The third-order valence-electron chi connectivity index (χ3n) is 13.2. The Labute approximate surface area is 382 Å². The molecular weight excluding hydrogens is 803 g/mol. The minimum atomic E-state index is 0.213. The molecule has 0 aliphatic heterocycles. The molecule has 1 unspecified atom stereocenters. The Morgan fingerprint density at radius 1 is 0.303 bits per heavy atom. The average molecular weight is 842 g/mol. The summed E-state index contributed by atoms with van der Waals surface area (Å²) < 4.78 is 6.55. The first-order chi connectivity index (χ1) is 32.7. The third-order valence-corrected chi connectivity index (χ3v) is 13.2. The lowest BCUT2D eigenvalue weighted by Crippen LogP contribution is -2.00. The normalized spacial score (nSPS) is 13.0. The van der Waals surface area contributed by atoms with Gasteiger partial charge in [0.25, 0.3) is 0 Å². The van der Waals surface area contributed by atoms with Crippen molar-refractivity contribution in [2.24, 2.45) is 0 Å². The van der Waals surface area contributed by atoms with E-state index in [1.165, 1.54) is 60.8 Å². The highest BCUT2D eigenvalue weighted by atomic mass is 16.3. The van der Waals surface area contributed by atoms with E-state index in [2.05, 4.69) is 158 Å². The molecule has 13 rings (SSSR count). The molecule has 0 saturated heterocycles. The summed E-state index contributed by atoms with van der Waals surface area (Å²) in [6.07, 6.45) is 0. The molecule has 1 aliphatic rings. The third kappa shape index (κ3) is 6.50. The van der Waals surface area contributed by atoms with Crippen molar-refractivity contribution in [3.05, 3.63) is 247 Å². The highest BCUT2D eigenvalue weighted by Gasteiger charge is 2.30. The molecule has 66 heavy (non-hydrogen) atoms. The summed E-state index contributed by atoms with van der Waals surface area (Å²) in [6.45, 7) is 0. The number of benzene rings is 10. The molecule has 0 N–H and O–H groups in total. The molecule has 0 fully saturated rings. The molecule has 0 spiro atoms. The highest BCUT2D eigenvalue weighted by Crippen LogP contribution is 2.49. The number of hydrogen-bond donors (Lipinski definition) is 0. The zero-order valence-corrected chi connectivity index (χ0v) is 35.8. The lowest BCUT2D eigenvalue weighted by Gasteiger charge is -2.16. The van der Waals surface area contributed by atoms with Gasteiger partial charge in [-0.1, -0.05) is 200 Å². The summed E-state index contributed by atoms with van der Waals surface area (Å²) >= 11 is 0. The van der Waals surface area contributed by atoms with Gasteiger partial charge in [-0.25, -0.2) is 15.0 Å². The Morgan fingerprint density at radius 3 is 1.44 bits per heavy atom. The fourth-order valence-corrected chi connectivity index (χ4v) is 9.95. The molecule has 0 bridgehead atoms. The van der Waals surface area contributed by atoms with Crippen LogP contribution < -0.4 is 0 Å². The van der Waals surface area contributed by atoms with E-state index < -0.39 is 0 Å². The predicted octanol–water partition coefficient (Wildman–Crippen LogP) is 16.1. The maximum atomic E-state index is 6.55. The van der Waals surface area contributed by atoms with Crippen LogP contribution in [0, 0.1) is 0 Å². The molecule has 4 nitrogen and oxygen atoms in total. The van der Waals surface area contributed by atoms with E-state index in [1.54, 1.807) is 0 Å². The molecule has 2 heterocycles. The highest BCUT2D eigenvalue weighted by molar-refractivity contribution is 6.12. The predicted molar refractivity (Wildman–Crippen MR) is 270 cm³/mol. The quantitative estimate of drug-likeness (QED) is 0.160. The number of fused-ring (bicyclic) bond motifs is 7. The number of furan rings is 1. The van der Waals surface area contributed by atoms with Gasteiger partial charge in [0, 0.05) is 33.4 Å². The van der Waals surface area contributed by atoms with Crippen LogP contribution in [0.1, 0.15) is 22.6 Å². The molecule has 0 saturated carbocycles. The first-order valence-electron chi connectivity index (χ1n) is 22.4. The Morgan fingerprint density at radius 2 is 0.803 bits per heavy atom. The Hall–Kier alpha value is -8.73. The van der Waals surface area contributed by atoms with Crippen LogP contribution in [0.5, 0.6) is 0 Å². The van der Waals surface area contributed by atoms with Crippen LogP contribution in [0.25, 0.3) is 111 Å². The van der Waals surface area contributed by atoms with E-state index in [4.69, 9.17) is 19.4 Å². The van der Waals surface area contributed by atoms with Crippen molar-refractivity contribution >= 4 is 32.7 Å². The van der Waals surface area contributed by atoms with Crippen molar-refractivity contribution in [2.75, 3.05) is 0 Å². The second-order valence-electron chi connectivity index (χ2n) is 17.1. The lowest BCUT2D eigenvalue weighted by molar-refractivity contribution is 0.669. The van der Waals surface area contributed by atoms with Crippen molar-refractivity contribution in [1.29, 1.82) is 0 Å². The largest absolute Gasteiger partial charge is 0.456 e. The van der Waals surface area contributed by atoms with Crippen molar-refractivity contribution in [3.8, 4) is 78.7 Å². The molecule has 12 aromatic rings. The molecule has 0 amide bonds. The summed E-state index contributed by atoms with van der Waals surface area (Å²) in [7, 11) is 0. The fourth-order valence-electron chi connectivity index (χ4n) is 9.95. The fraction of sp³-hybridized carbons (Fsp3) is 0.0161. The van der Waals surface area contributed by atoms with E-state index in [1.807, 2.05) is 72.8 Å². The molecule has 0 radical (unpaired) electrons. The van der Waals surface area contributed by atoms with Crippen molar-refractivity contribution < 1.29 is 4.42 Å². The number of hydrogen-bond acceptors (Lipinski definition) is 4. The van der Waals surface area contributed by atoms with Crippen LogP contribution >= 0.6 is 0 Å². The Kier molecular flexibility index (Phi) is 8.88. The van der Waals surface area contributed by atoms with Crippen LogP contribution in [-0.2, 0) is 0 Å². The van der Waals surface area contributed by atoms with E-state index in [0.29, 0.717) is 17.5 Å². The molecule has 1 aliphatic carbocycles. The van der Waals surface area contributed by atoms with Gasteiger partial charge >= 0.3 is 0 Å². The molecule has 10 aromatic carbocycles. The smallest absolute Gasteiger partial charge is 0.164 e. The van der Waals surface area contributed by atoms with Gasteiger partial charge in [-0.3, -0.25) is 0 Å². The van der Waals surface area contributed by atoms with Crippen LogP contribution in [0.4, 0.5) is 0 Å². The second kappa shape index (κ2) is 15.5. The molecular formula is C62H39N3O. The van der Waals surface area contributed by atoms with Gasteiger partial charge < -0.3 is 4.42 Å². The Balaban J connectivity index is 0.768. The van der Waals surface area contributed by atoms with Crippen LogP contribution in [0.2, 0.25) is 0 Å². The topological polar surface area (TPSA) is 51.8 Å².